The van der Waals surface area contributed by atoms with Gasteiger partial charge in [-0.3, -0.25) is 0 Å². The van der Waals surface area contributed by atoms with Crippen LogP contribution in [0.25, 0.3) is 11.1 Å². The third kappa shape index (κ3) is 2.73. The molecule has 1 N–H and O–H groups in total. The van der Waals surface area contributed by atoms with E-state index in [1.807, 2.05) is 0 Å². The quantitative estimate of drug-likeness (QED) is 0.860. The number of hydrogen-bond donors (Lipinski definition) is 1. The minimum absolute atomic E-state index is 0.0609. The maximum atomic E-state index is 13.9. The molecule has 3 nitrogen and oxygen atoms in total. The summed E-state index contributed by atoms with van der Waals surface area (Å²) in [5.74, 6) is -1.30. The Morgan fingerprint density at radius 1 is 1.26 bits per heavy atom. The molecule has 0 atom stereocenters. The van der Waals surface area contributed by atoms with Crippen LogP contribution in [0.2, 0.25) is 0 Å². The van der Waals surface area contributed by atoms with E-state index >= 15 is 0 Å². The van der Waals surface area contributed by atoms with Crippen molar-refractivity contribution < 1.29 is 19.0 Å². The third-order valence-corrected chi connectivity index (χ3v) is 2.68. The number of aromatic hydroxyl groups is 1. The first kappa shape index (κ1) is 13.1. The van der Waals surface area contributed by atoms with Crippen molar-refractivity contribution in [3.63, 3.8) is 0 Å². The second kappa shape index (κ2) is 5.52. The minimum atomic E-state index is -0.691. The molecule has 2 rings (SSSR count). The predicted octanol–water partition coefficient (Wildman–Crippen LogP) is 3.38. The van der Waals surface area contributed by atoms with E-state index in [4.69, 9.17) is 4.74 Å². The van der Waals surface area contributed by atoms with Gasteiger partial charge in [0, 0.05) is 5.56 Å². The Morgan fingerprint density at radius 2 is 2.00 bits per heavy atom. The van der Waals surface area contributed by atoms with Gasteiger partial charge in [-0.1, -0.05) is 24.3 Å². The summed E-state index contributed by atoms with van der Waals surface area (Å²) in [6, 6.07) is 10.8. The Bertz CT molecular complexity index is 608. The van der Waals surface area contributed by atoms with Crippen molar-refractivity contribution in [1.82, 2.24) is 0 Å². The van der Waals surface area contributed by atoms with Gasteiger partial charge >= 0.3 is 5.97 Å². The molecule has 0 aromatic heterocycles. The number of carbonyl (C=O) groups is 1. The summed E-state index contributed by atoms with van der Waals surface area (Å²) in [6.07, 6.45) is 0. The van der Waals surface area contributed by atoms with Crippen molar-refractivity contribution in [3.05, 3.63) is 53.8 Å². The topological polar surface area (TPSA) is 46.5 Å². The van der Waals surface area contributed by atoms with E-state index in [2.05, 4.69) is 0 Å². The number of phenolic OH excluding ortho intramolecular Hbond substituents is 1. The number of halogens is 1. The molecule has 98 valence electrons. The van der Waals surface area contributed by atoms with Gasteiger partial charge in [0.1, 0.15) is 11.6 Å². The van der Waals surface area contributed by atoms with Crippen molar-refractivity contribution in [2.45, 2.75) is 6.92 Å². The molecule has 0 aliphatic rings. The summed E-state index contributed by atoms with van der Waals surface area (Å²) in [6.45, 7) is 1.85. The van der Waals surface area contributed by atoms with Crippen LogP contribution in [0.15, 0.2) is 42.5 Å². The van der Waals surface area contributed by atoms with E-state index in [-0.39, 0.29) is 17.9 Å². The van der Waals surface area contributed by atoms with Gasteiger partial charge in [0.2, 0.25) is 0 Å². The molecule has 2 aromatic carbocycles. The van der Waals surface area contributed by atoms with Gasteiger partial charge < -0.3 is 9.84 Å². The highest BCUT2D eigenvalue weighted by atomic mass is 19.1. The molecule has 0 bridgehead atoms. The number of para-hydroxylation sites is 1. The van der Waals surface area contributed by atoms with Gasteiger partial charge in [0.15, 0.2) is 0 Å². The number of hydrogen-bond acceptors (Lipinski definition) is 3. The molecule has 0 saturated carbocycles. The summed E-state index contributed by atoms with van der Waals surface area (Å²) in [5.41, 5.74) is 0.904. The van der Waals surface area contributed by atoms with E-state index in [0.717, 1.165) is 0 Å². The van der Waals surface area contributed by atoms with Gasteiger partial charge in [-0.15, -0.1) is 0 Å². The first-order chi connectivity index (χ1) is 9.13. The molecular formula is C15H13FO3. The van der Waals surface area contributed by atoms with Crippen LogP contribution in [-0.2, 0) is 4.74 Å². The lowest BCUT2D eigenvalue weighted by Crippen LogP contribution is -2.07. The smallest absolute Gasteiger partial charge is 0.341 e. The zero-order valence-electron chi connectivity index (χ0n) is 10.4. The van der Waals surface area contributed by atoms with Crippen LogP contribution in [0.5, 0.6) is 5.75 Å². The lowest BCUT2D eigenvalue weighted by atomic mass is 10.0. The SMILES string of the molecule is CCOC(=O)c1ccc(-c2ccccc2O)cc1F. The summed E-state index contributed by atoms with van der Waals surface area (Å²) < 4.78 is 18.6. The Labute approximate surface area is 110 Å². The standard InChI is InChI=1S/C15H13FO3/c1-2-19-15(18)12-8-7-10(9-13(12)16)11-5-3-4-6-14(11)17/h3-9,17H,2H2,1H3. The van der Waals surface area contributed by atoms with Gasteiger partial charge in [0.05, 0.1) is 12.2 Å². The molecule has 4 heteroatoms. The van der Waals surface area contributed by atoms with E-state index in [1.165, 1.54) is 18.2 Å². The number of esters is 1. The number of phenols is 1. The van der Waals surface area contributed by atoms with Gasteiger partial charge in [-0.25, -0.2) is 9.18 Å². The zero-order chi connectivity index (χ0) is 13.8. The first-order valence-corrected chi connectivity index (χ1v) is 5.88. The fourth-order valence-electron chi connectivity index (χ4n) is 1.77. The van der Waals surface area contributed by atoms with Crippen LogP contribution < -0.4 is 0 Å². The number of benzene rings is 2. The second-order valence-electron chi connectivity index (χ2n) is 3.93. The Hall–Kier alpha value is -2.36. The molecule has 0 aliphatic carbocycles. The van der Waals surface area contributed by atoms with Crippen LogP contribution in [-0.4, -0.2) is 17.7 Å². The number of carbonyl (C=O) groups excluding carboxylic acids is 1. The van der Waals surface area contributed by atoms with Crippen molar-refractivity contribution in [2.24, 2.45) is 0 Å². The van der Waals surface area contributed by atoms with E-state index < -0.39 is 11.8 Å². The average molecular weight is 260 g/mol. The fraction of sp³-hybridized carbons (Fsp3) is 0.133. The predicted molar refractivity (Wildman–Crippen MR) is 69.5 cm³/mol. The molecular weight excluding hydrogens is 247 g/mol. The summed E-state index contributed by atoms with van der Waals surface area (Å²) in [5, 5.41) is 9.70. The Morgan fingerprint density at radius 3 is 2.63 bits per heavy atom. The van der Waals surface area contributed by atoms with E-state index in [0.29, 0.717) is 11.1 Å². The summed E-state index contributed by atoms with van der Waals surface area (Å²) in [4.78, 5) is 11.5. The zero-order valence-corrected chi connectivity index (χ0v) is 10.4. The highest BCUT2D eigenvalue weighted by Crippen LogP contribution is 2.29. The van der Waals surface area contributed by atoms with Crippen molar-refractivity contribution in [3.8, 4) is 16.9 Å². The minimum Gasteiger partial charge on any atom is -0.507 e. The molecule has 0 unspecified atom stereocenters. The Kier molecular flexibility index (Phi) is 3.80. The highest BCUT2D eigenvalue weighted by Gasteiger charge is 2.14. The molecule has 0 fully saturated rings. The number of ether oxygens (including phenoxy) is 1. The van der Waals surface area contributed by atoms with Crippen LogP contribution in [0.1, 0.15) is 17.3 Å². The van der Waals surface area contributed by atoms with Crippen LogP contribution in [0.4, 0.5) is 4.39 Å². The largest absolute Gasteiger partial charge is 0.507 e. The van der Waals surface area contributed by atoms with Gasteiger partial charge in [-0.2, -0.15) is 0 Å². The van der Waals surface area contributed by atoms with Crippen molar-refractivity contribution in [2.75, 3.05) is 6.61 Å². The third-order valence-electron chi connectivity index (χ3n) is 2.68. The molecule has 0 amide bonds. The maximum absolute atomic E-state index is 13.9. The van der Waals surface area contributed by atoms with Crippen LogP contribution >= 0.6 is 0 Å². The molecule has 0 radical (unpaired) electrons. The lowest BCUT2D eigenvalue weighted by Gasteiger charge is -2.07. The van der Waals surface area contributed by atoms with Crippen LogP contribution in [0, 0.1) is 5.82 Å². The maximum Gasteiger partial charge on any atom is 0.341 e. The normalized spacial score (nSPS) is 10.2. The summed E-state index contributed by atoms with van der Waals surface area (Å²) in [7, 11) is 0. The van der Waals surface area contributed by atoms with Gasteiger partial charge in [0.25, 0.3) is 0 Å². The van der Waals surface area contributed by atoms with E-state index in [1.54, 1.807) is 31.2 Å². The van der Waals surface area contributed by atoms with E-state index in [9.17, 15) is 14.3 Å². The Balaban J connectivity index is 2.39. The van der Waals surface area contributed by atoms with Crippen LogP contribution in [0.3, 0.4) is 0 Å². The molecule has 0 heterocycles. The first-order valence-electron chi connectivity index (χ1n) is 5.88. The van der Waals surface area contributed by atoms with Crippen molar-refractivity contribution >= 4 is 5.97 Å². The monoisotopic (exact) mass is 260 g/mol. The highest BCUT2D eigenvalue weighted by molar-refractivity contribution is 5.90. The molecule has 19 heavy (non-hydrogen) atoms. The van der Waals surface area contributed by atoms with Crippen molar-refractivity contribution in [1.29, 1.82) is 0 Å². The molecule has 0 spiro atoms. The molecule has 2 aromatic rings. The molecule has 0 saturated heterocycles. The fourth-order valence-corrected chi connectivity index (χ4v) is 1.77. The lowest BCUT2D eigenvalue weighted by molar-refractivity contribution is 0.0521. The summed E-state index contributed by atoms with van der Waals surface area (Å²) >= 11 is 0. The van der Waals surface area contributed by atoms with Gasteiger partial charge in [-0.05, 0) is 30.7 Å². The average Bonchev–Trinajstić information content (AvgIpc) is 2.39. The molecule has 0 aliphatic heterocycles. The number of rotatable bonds is 3. The second-order valence-corrected chi connectivity index (χ2v) is 3.93.